The molecule has 0 amide bonds. The average Bonchev–Trinajstić information content (AvgIpc) is 2.14. The summed E-state index contributed by atoms with van der Waals surface area (Å²) in [6, 6.07) is 0. The van der Waals surface area contributed by atoms with Crippen molar-refractivity contribution in [3.63, 3.8) is 0 Å². The number of hydrogen-bond donors (Lipinski definition) is 1. The summed E-state index contributed by atoms with van der Waals surface area (Å²) in [6.45, 7) is 0. The molecule has 0 fully saturated rings. The van der Waals surface area contributed by atoms with Crippen molar-refractivity contribution >= 4 is 11.6 Å². The molecule has 0 aromatic carbocycles. The third-order valence-corrected chi connectivity index (χ3v) is 0.975. The fourth-order valence-corrected chi connectivity index (χ4v) is 0.559. The lowest BCUT2D eigenvalue weighted by molar-refractivity contribution is 0.782. The minimum atomic E-state index is 0.638. The van der Waals surface area contributed by atoms with E-state index in [4.69, 9.17) is 11.6 Å². The Kier molecular flexibility index (Phi) is 1.39. The van der Waals surface area contributed by atoms with Gasteiger partial charge in [0.05, 0.1) is 17.4 Å². The van der Waals surface area contributed by atoms with Crippen molar-refractivity contribution in [1.29, 1.82) is 0 Å². The molecule has 0 spiro atoms. The number of nitrogens with zero attached hydrogens (tertiary/aromatic N) is 2. The zero-order chi connectivity index (χ0) is 5.98. The molecule has 0 aliphatic heterocycles. The topological polar surface area (TPSA) is 29.9 Å². The van der Waals surface area contributed by atoms with Crippen LogP contribution in [-0.4, -0.2) is 16.9 Å². The van der Waals surface area contributed by atoms with Crippen LogP contribution in [0.1, 0.15) is 0 Å². The Morgan fingerprint density at radius 2 is 2.62 bits per heavy atom. The third kappa shape index (κ3) is 0.924. The van der Waals surface area contributed by atoms with Crippen LogP contribution in [0.5, 0.6) is 0 Å². The minimum Gasteiger partial charge on any atom is -0.313 e. The fourth-order valence-electron chi connectivity index (χ4n) is 0.423. The average molecular weight is 132 g/mol. The Morgan fingerprint density at radius 3 is 2.88 bits per heavy atom. The van der Waals surface area contributed by atoms with E-state index in [-0.39, 0.29) is 0 Å². The number of halogens is 1. The highest BCUT2D eigenvalue weighted by Crippen LogP contribution is 2.01. The normalized spacial score (nSPS) is 9.25. The summed E-state index contributed by atoms with van der Waals surface area (Å²) in [4.78, 5) is 1.53. The Hall–Kier alpha value is -0.700. The van der Waals surface area contributed by atoms with Gasteiger partial charge in [0.2, 0.25) is 0 Å². The molecule has 3 nitrogen and oxygen atoms in total. The van der Waals surface area contributed by atoms with E-state index in [1.807, 2.05) is 0 Å². The first-order valence-electron chi connectivity index (χ1n) is 2.21. The Morgan fingerprint density at radius 1 is 1.88 bits per heavy atom. The molecule has 1 aromatic heterocycles. The van der Waals surface area contributed by atoms with Crippen molar-refractivity contribution in [2.75, 3.05) is 12.5 Å². The monoisotopic (exact) mass is 131 g/mol. The van der Waals surface area contributed by atoms with Gasteiger partial charge in [-0.2, -0.15) is 9.89 Å². The summed E-state index contributed by atoms with van der Waals surface area (Å²) < 4.78 is 0. The minimum absolute atomic E-state index is 0.638. The zero-order valence-corrected chi connectivity index (χ0v) is 5.18. The molecule has 0 radical (unpaired) electrons. The second-order valence-electron chi connectivity index (χ2n) is 1.33. The number of nitrogens with one attached hydrogen (secondary N) is 1. The molecule has 0 atom stereocenters. The van der Waals surface area contributed by atoms with Gasteiger partial charge in [-0.05, 0) is 0 Å². The van der Waals surface area contributed by atoms with Crippen LogP contribution in [0.25, 0.3) is 0 Å². The molecule has 8 heavy (non-hydrogen) atoms. The molecule has 44 valence electrons. The third-order valence-electron chi connectivity index (χ3n) is 0.780. The van der Waals surface area contributed by atoms with Crippen LogP contribution in [0, 0.1) is 0 Å². The summed E-state index contributed by atoms with van der Waals surface area (Å²) in [6.07, 6.45) is 3.25. The molecule has 0 aliphatic rings. The van der Waals surface area contributed by atoms with E-state index in [1.165, 1.54) is 4.79 Å². The van der Waals surface area contributed by atoms with Crippen molar-refractivity contribution in [2.45, 2.75) is 0 Å². The van der Waals surface area contributed by atoms with Crippen LogP contribution in [0.15, 0.2) is 12.4 Å². The number of rotatable bonds is 1. The van der Waals surface area contributed by atoms with E-state index in [0.29, 0.717) is 5.02 Å². The van der Waals surface area contributed by atoms with E-state index in [0.717, 1.165) is 0 Å². The Labute approximate surface area is 52.2 Å². The maximum absolute atomic E-state index is 5.52. The molecule has 1 N–H and O–H groups in total. The van der Waals surface area contributed by atoms with Gasteiger partial charge in [-0.15, -0.1) is 0 Å². The van der Waals surface area contributed by atoms with Crippen molar-refractivity contribution in [1.82, 2.24) is 9.89 Å². The summed E-state index contributed by atoms with van der Waals surface area (Å²) in [5.41, 5.74) is 2.77. The zero-order valence-electron chi connectivity index (χ0n) is 4.43. The van der Waals surface area contributed by atoms with Crippen LogP contribution in [0.3, 0.4) is 0 Å². The smallest absolute Gasteiger partial charge is 0.0808 e. The van der Waals surface area contributed by atoms with Gasteiger partial charge < -0.3 is 5.43 Å². The van der Waals surface area contributed by atoms with Gasteiger partial charge in [-0.3, -0.25) is 0 Å². The summed E-state index contributed by atoms with van der Waals surface area (Å²) in [7, 11) is 1.77. The molecule has 1 rings (SSSR count). The summed E-state index contributed by atoms with van der Waals surface area (Å²) in [5.74, 6) is 0. The highest BCUT2D eigenvalue weighted by Gasteiger charge is 1.87. The van der Waals surface area contributed by atoms with Gasteiger partial charge in [0, 0.05) is 7.05 Å². The van der Waals surface area contributed by atoms with Gasteiger partial charge in [0.1, 0.15) is 0 Å². The number of hydrogen-bond acceptors (Lipinski definition) is 2. The van der Waals surface area contributed by atoms with Crippen molar-refractivity contribution in [3.05, 3.63) is 17.4 Å². The highest BCUT2D eigenvalue weighted by molar-refractivity contribution is 6.30. The van der Waals surface area contributed by atoms with E-state index in [9.17, 15) is 0 Å². The first-order chi connectivity index (χ1) is 3.83. The molecule has 0 unspecified atom stereocenters. The van der Waals surface area contributed by atoms with Gasteiger partial charge in [-0.1, -0.05) is 11.6 Å². The predicted octanol–water partition coefficient (Wildman–Crippen LogP) is 0.710. The second kappa shape index (κ2) is 2.05. The predicted molar refractivity (Wildman–Crippen MR) is 32.5 cm³/mol. The fraction of sp³-hybridized carbons (Fsp3) is 0.250. The number of aromatic nitrogens is 2. The molecule has 4 heteroatoms. The van der Waals surface area contributed by atoms with Crippen LogP contribution >= 0.6 is 11.6 Å². The van der Waals surface area contributed by atoms with E-state index < -0.39 is 0 Å². The molecule has 0 bridgehead atoms. The quantitative estimate of drug-likeness (QED) is 0.609. The lowest BCUT2D eigenvalue weighted by Crippen LogP contribution is -2.07. The lowest BCUT2D eigenvalue weighted by Gasteiger charge is -1.92. The molecule has 0 aliphatic carbocycles. The first kappa shape index (κ1) is 5.44. The highest BCUT2D eigenvalue weighted by atomic mass is 35.5. The molecule has 0 saturated carbocycles. The van der Waals surface area contributed by atoms with E-state index >= 15 is 0 Å². The molecular weight excluding hydrogens is 126 g/mol. The van der Waals surface area contributed by atoms with Crippen molar-refractivity contribution in [2.24, 2.45) is 0 Å². The maximum atomic E-state index is 5.52. The Balaban J connectivity index is 2.84. The second-order valence-corrected chi connectivity index (χ2v) is 1.76. The maximum Gasteiger partial charge on any atom is 0.0808 e. The van der Waals surface area contributed by atoms with Gasteiger partial charge in [0.25, 0.3) is 0 Å². The van der Waals surface area contributed by atoms with Crippen molar-refractivity contribution < 1.29 is 0 Å². The lowest BCUT2D eigenvalue weighted by atomic mass is 10.7. The van der Waals surface area contributed by atoms with Gasteiger partial charge in [0.15, 0.2) is 0 Å². The molecular formula is C4H6ClN3. The van der Waals surface area contributed by atoms with Crippen LogP contribution < -0.4 is 5.43 Å². The first-order valence-corrected chi connectivity index (χ1v) is 2.58. The van der Waals surface area contributed by atoms with E-state index in [1.54, 1.807) is 19.4 Å². The van der Waals surface area contributed by atoms with Crippen molar-refractivity contribution in [3.8, 4) is 0 Å². The van der Waals surface area contributed by atoms with E-state index in [2.05, 4.69) is 10.5 Å². The van der Waals surface area contributed by atoms with Crippen LogP contribution in [0.2, 0.25) is 5.02 Å². The summed E-state index contributed by atoms with van der Waals surface area (Å²) in [5, 5.41) is 4.45. The summed E-state index contributed by atoms with van der Waals surface area (Å²) >= 11 is 5.52. The molecule has 1 heterocycles. The largest absolute Gasteiger partial charge is 0.313 e. The SMILES string of the molecule is CNn1cc(Cl)cn1. The Bertz CT molecular complexity index is 172. The molecule has 1 aromatic rings. The standard InChI is InChI=1S/C4H6ClN3/c1-6-8-3-4(5)2-7-8/h2-3,6H,1H3. The van der Waals surface area contributed by atoms with Crippen LogP contribution in [0.4, 0.5) is 0 Å². The molecule has 0 saturated heterocycles. The van der Waals surface area contributed by atoms with Gasteiger partial charge >= 0.3 is 0 Å². The van der Waals surface area contributed by atoms with Crippen LogP contribution in [-0.2, 0) is 0 Å². The van der Waals surface area contributed by atoms with Gasteiger partial charge in [-0.25, -0.2) is 0 Å².